The largest absolute Gasteiger partial charge is 0.377 e. The lowest BCUT2D eigenvalue weighted by atomic mass is 9.46. The van der Waals surface area contributed by atoms with E-state index in [1.807, 2.05) is 6.92 Å². The van der Waals surface area contributed by atoms with E-state index in [9.17, 15) is 0 Å². The minimum atomic E-state index is 0.420. The second kappa shape index (κ2) is 4.19. The van der Waals surface area contributed by atoms with Gasteiger partial charge in [0.25, 0.3) is 0 Å². The first-order chi connectivity index (χ1) is 9.21. The number of ether oxygens (including phenoxy) is 1. The van der Waals surface area contributed by atoms with Crippen molar-refractivity contribution in [2.24, 2.45) is 11.3 Å². The summed E-state index contributed by atoms with van der Waals surface area (Å²) in [6.07, 6.45) is 5.73. The molecule has 0 aromatic carbocycles. The Labute approximate surface area is 122 Å². The minimum Gasteiger partial charge on any atom is -0.377 e. The molecular formula is C15H19BrN2O. The van der Waals surface area contributed by atoms with E-state index in [1.54, 1.807) is 0 Å². The van der Waals surface area contributed by atoms with Gasteiger partial charge < -0.3 is 10.1 Å². The van der Waals surface area contributed by atoms with Gasteiger partial charge in [-0.25, -0.2) is 4.98 Å². The number of fused-ring (bicyclic) bond motifs is 2. The van der Waals surface area contributed by atoms with Crippen LogP contribution in [0.5, 0.6) is 0 Å². The molecule has 1 saturated heterocycles. The van der Waals surface area contributed by atoms with Crippen LogP contribution >= 0.6 is 15.9 Å². The van der Waals surface area contributed by atoms with Crippen LogP contribution in [0.3, 0.4) is 0 Å². The quantitative estimate of drug-likeness (QED) is 0.904. The number of hydrogen-bond acceptors (Lipinski definition) is 3. The highest BCUT2D eigenvalue weighted by molar-refractivity contribution is 9.10. The van der Waals surface area contributed by atoms with Crippen LogP contribution in [0.2, 0.25) is 0 Å². The second-order valence-corrected chi connectivity index (χ2v) is 7.07. The Balaban J connectivity index is 1.57. The number of pyridine rings is 1. The molecule has 2 heterocycles. The van der Waals surface area contributed by atoms with Crippen LogP contribution in [-0.2, 0) is 4.74 Å². The lowest BCUT2D eigenvalue weighted by Gasteiger charge is -2.63. The van der Waals surface area contributed by atoms with Gasteiger partial charge in [-0.05, 0) is 54.2 Å². The highest BCUT2D eigenvalue weighted by Gasteiger charge is 2.66. The molecule has 3 atom stereocenters. The predicted octanol–water partition coefficient (Wildman–Crippen LogP) is 3.52. The lowest BCUT2D eigenvalue weighted by molar-refractivity contribution is -0.158. The maximum atomic E-state index is 5.95. The van der Waals surface area contributed by atoms with Gasteiger partial charge in [-0.15, -0.1) is 0 Å². The molecule has 3 nitrogen and oxygen atoms in total. The molecule has 1 aliphatic heterocycles. The molecule has 1 spiro atoms. The third-order valence-electron chi connectivity index (χ3n) is 5.36. The molecule has 1 aromatic heterocycles. The van der Waals surface area contributed by atoms with Gasteiger partial charge in [0.05, 0.1) is 11.8 Å². The molecule has 1 N–H and O–H groups in total. The van der Waals surface area contributed by atoms with Gasteiger partial charge >= 0.3 is 0 Å². The Hall–Kier alpha value is -0.610. The molecule has 4 rings (SSSR count). The zero-order chi connectivity index (χ0) is 13.0. The van der Waals surface area contributed by atoms with Crippen molar-refractivity contribution in [1.82, 2.24) is 4.98 Å². The normalized spacial score (nSPS) is 34.5. The van der Waals surface area contributed by atoms with E-state index in [-0.39, 0.29) is 0 Å². The van der Waals surface area contributed by atoms with E-state index >= 15 is 0 Å². The van der Waals surface area contributed by atoms with Crippen LogP contribution in [-0.4, -0.2) is 23.7 Å². The Morgan fingerprint density at radius 2 is 2.26 bits per heavy atom. The SMILES string of the molecule is Cc1nc(NC2C3CCOC3C23CCC3)ccc1Br. The Morgan fingerprint density at radius 3 is 2.95 bits per heavy atom. The van der Waals surface area contributed by atoms with Gasteiger partial charge in [0.2, 0.25) is 0 Å². The van der Waals surface area contributed by atoms with Crippen molar-refractivity contribution in [3.05, 3.63) is 22.3 Å². The van der Waals surface area contributed by atoms with E-state index in [1.165, 1.54) is 25.7 Å². The predicted molar refractivity (Wildman–Crippen MR) is 78.2 cm³/mol. The lowest BCUT2D eigenvalue weighted by Crippen LogP contribution is -2.68. The Morgan fingerprint density at radius 1 is 1.42 bits per heavy atom. The van der Waals surface area contributed by atoms with Crippen molar-refractivity contribution >= 4 is 21.7 Å². The van der Waals surface area contributed by atoms with Crippen molar-refractivity contribution in [1.29, 1.82) is 0 Å². The Kier molecular flexibility index (Phi) is 2.68. The summed E-state index contributed by atoms with van der Waals surface area (Å²) in [4.78, 5) is 4.63. The van der Waals surface area contributed by atoms with Gasteiger partial charge in [-0.3, -0.25) is 0 Å². The summed E-state index contributed by atoms with van der Waals surface area (Å²) in [5.74, 6) is 1.72. The van der Waals surface area contributed by atoms with Crippen molar-refractivity contribution in [3.63, 3.8) is 0 Å². The number of nitrogens with one attached hydrogen (secondary N) is 1. The van der Waals surface area contributed by atoms with Crippen molar-refractivity contribution in [2.45, 2.75) is 44.8 Å². The van der Waals surface area contributed by atoms with Crippen LogP contribution in [0.25, 0.3) is 0 Å². The highest BCUT2D eigenvalue weighted by Crippen LogP contribution is 2.63. The van der Waals surface area contributed by atoms with Crippen LogP contribution in [0.15, 0.2) is 16.6 Å². The molecular weight excluding hydrogens is 304 g/mol. The third-order valence-corrected chi connectivity index (χ3v) is 6.20. The van der Waals surface area contributed by atoms with Gasteiger partial charge in [-0.2, -0.15) is 0 Å². The molecule has 3 aliphatic rings. The molecule has 102 valence electrons. The van der Waals surface area contributed by atoms with Gasteiger partial charge in [0.15, 0.2) is 0 Å². The minimum absolute atomic E-state index is 0.420. The first-order valence-corrected chi connectivity index (χ1v) is 8.01. The highest BCUT2D eigenvalue weighted by atomic mass is 79.9. The molecule has 3 unspecified atom stereocenters. The number of anilines is 1. The molecule has 19 heavy (non-hydrogen) atoms. The fourth-order valence-electron chi connectivity index (χ4n) is 4.24. The first-order valence-electron chi connectivity index (χ1n) is 7.22. The number of rotatable bonds is 2. The van der Waals surface area contributed by atoms with E-state index < -0.39 is 0 Å². The number of hydrogen-bond donors (Lipinski definition) is 1. The summed E-state index contributed by atoms with van der Waals surface area (Å²) < 4.78 is 7.03. The maximum Gasteiger partial charge on any atom is 0.126 e. The van der Waals surface area contributed by atoms with E-state index in [0.29, 0.717) is 23.5 Å². The number of aromatic nitrogens is 1. The topological polar surface area (TPSA) is 34.2 Å². The summed E-state index contributed by atoms with van der Waals surface area (Å²) >= 11 is 3.51. The monoisotopic (exact) mass is 322 g/mol. The summed E-state index contributed by atoms with van der Waals surface area (Å²) in [5, 5.41) is 3.70. The van der Waals surface area contributed by atoms with Crippen molar-refractivity contribution < 1.29 is 4.74 Å². The van der Waals surface area contributed by atoms with Crippen LogP contribution in [0.4, 0.5) is 5.82 Å². The van der Waals surface area contributed by atoms with Gasteiger partial charge in [-0.1, -0.05) is 6.42 Å². The maximum absolute atomic E-state index is 5.95. The zero-order valence-electron chi connectivity index (χ0n) is 11.2. The van der Waals surface area contributed by atoms with Crippen LogP contribution in [0.1, 0.15) is 31.4 Å². The average molecular weight is 323 g/mol. The molecule has 2 aliphatic carbocycles. The molecule has 3 fully saturated rings. The number of halogens is 1. The molecule has 1 aromatic rings. The van der Waals surface area contributed by atoms with E-state index in [2.05, 4.69) is 38.4 Å². The second-order valence-electron chi connectivity index (χ2n) is 6.22. The standard InChI is InChI=1S/C15H19BrN2O/c1-9-11(16)3-4-12(17-9)18-13-10-5-8-19-14(10)15(13)6-2-7-15/h3-4,10,13-14H,2,5-8H2,1H3,(H,17,18). The van der Waals surface area contributed by atoms with Crippen molar-refractivity contribution in [3.8, 4) is 0 Å². The fourth-order valence-corrected chi connectivity index (χ4v) is 4.46. The summed E-state index contributed by atoms with van der Waals surface area (Å²) in [5.41, 5.74) is 1.47. The van der Waals surface area contributed by atoms with Crippen LogP contribution in [0, 0.1) is 18.3 Å². The molecule has 0 radical (unpaired) electrons. The summed E-state index contributed by atoms with van der Waals surface area (Å²) in [6.45, 7) is 2.98. The Bertz CT molecular complexity index is 515. The van der Waals surface area contributed by atoms with Crippen molar-refractivity contribution in [2.75, 3.05) is 11.9 Å². The summed E-state index contributed by atoms with van der Waals surface area (Å²) in [6, 6.07) is 4.73. The van der Waals surface area contributed by atoms with Gasteiger partial charge in [0.1, 0.15) is 5.82 Å². The average Bonchev–Trinajstić information content (AvgIpc) is 2.74. The number of nitrogens with zero attached hydrogens (tertiary/aromatic N) is 1. The third kappa shape index (κ3) is 1.62. The van der Waals surface area contributed by atoms with Crippen LogP contribution < -0.4 is 5.32 Å². The molecule has 0 amide bonds. The van der Waals surface area contributed by atoms with E-state index in [0.717, 1.165) is 22.6 Å². The summed E-state index contributed by atoms with van der Waals surface area (Å²) in [7, 11) is 0. The first kappa shape index (κ1) is 12.2. The molecule has 4 heteroatoms. The molecule has 2 saturated carbocycles. The zero-order valence-corrected chi connectivity index (χ0v) is 12.7. The molecule has 0 bridgehead atoms. The fraction of sp³-hybridized carbons (Fsp3) is 0.667. The van der Waals surface area contributed by atoms with Gasteiger partial charge in [0, 0.05) is 28.5 Å². The van der Waals surface area contributed by atoms with E-state index in [4.69, 9.17) is 4.74 Å². The smallest absolute Gasteiger partial charge is 0.126 e. The number of aryl methyl sites for hydroxylation is 1.